The van der Waals surface area contributed by atoms with E-state index < -0.39 is 6.10 Å². The number of unbranched alkanes of at least 4 members (excludes halogenated alkanes) is 36. The fraction of sp³-hybridized carbons (Fsp3) is 0.941. The predicted molar refractivity (Wildman–Crippen MR) is 243 cm³/mol. The minimum absolute atomic E-state index is 0.0620. The predicted octanol–water partition coefficient (Wildman–Crippen LogP) is 16.4. The van der Waals surface area contributed by atoms with Crippen LogP contribution < -0.4 is 0 Å². The molecule has 0 aliphatic rings. The summed E-state index contributed by atoms with van der Waals surface area (Å²) in [6.45, 7) is 6.67. The molecule has 0 N–H and O–H groups in total. The zero-order chi connectivity index (χ0) is 41.5. The Morgan fingerprint density at radius 3 is 0.702 bits per heavy atom. The normalized spacial score (nSPS) is 11.8. The minimum Gasteiger partial charge on any atom is -0.462 e. The zero-order valence-electron chi connectivity index (χ0n) is 38.6. The van der Waals surface area contributed by atoms with Crippen LogP contribution in [0.4, 0.5) is 0 Å². The zero-order valence-corrected chi connectivity index (χ0v) is 38.6. The summed E-state index contributed by atoms with van der Waals surface area (Å²) in [5, 5.41) is 0. The van der Waals surface area contributed by atoms with Crippen molar-refractivity contribution in [2.24, 2.45) is 0 Å². The van der Waals surface area contributed by atoms with Gasteiger partial charge >= 0.3 is 17.9 Å². The van der Waals surface area contributed by atoms with Gasteiger partial charge in [-0.05, 0) is 19.3 Å². The first kappa shape index (κ1) is 55.4. The van der Waals surface area contributed by atoms with Crippen LogP contribution in [-0.2, 0) is 28.6 Å². The third kappa shape index (κ3) is 45.3. The van der Waals surface area contributed by atoms with Crippen molar-refractivity contribution in [1.29, 1.82) is 0 Å². The van der Waals surface area contributed by atoms with Crippen molar-refractivity contribution in [3.8, 4) is 0 Å². The lowest BCUT2D eigenvalue weighted by molar-refractivity contribution is -0.167. The van der Waals surface area contributed by atoms with E-state index >= 15 is 0 Å². The maximum Gasteiger partial charge on any atom is 0.306 e. The van der Waals surface area contributed by atoms with Crippen molar-refractivity contribution < 1.29 is 28.6 Å². The Morgan fingerprint density at radius 2 is 0.474 bits per heavy atom. The SMILES string of the molecule is CCCCCCCCCCCCCCCCCCC(=O)O[C@@H](COC(=O)CCCCCCCCCCCC)COC(=O)CCCCCCCCCCCCCCC. The van der Waals surface area contributed by atoms with Crippen molar-refractivity contribution >= 4 is 17.9 Å². The highest BCUT2D eigenvalue weighted by atomic mass is 16.6. The van der Waals surface area contributed by atoms with E-state index in [0.717, 1.165) is 57.8 Å². The summed E-state index contributed by atoms with van der Waals surface area (Å²) < 4.78 is 16.8. The van der Waals surface area contributed by atoms with E-state index in [1.165, 1.54) is 193 Å². The Labute approximate surface area is 355 Å². The molecule has 0 aliphatic heterocycles. The number of carbonyl (C=O) groups excluding carboxylic acids is 3. The average Bonchev–Trinajstić information content (AvgIpc) is 3.21. The second-order valence-corrected chi connectivity index (χ2v) is 17.5. The number of hydrogen-bond acceptors (Lipinski definition) is 6. The van der Waals surface area contributed by atoms with Gasteiger partial charge in [0.25, 0.3) is 0 Å². The van der Waals surface area contributed by atoms with Crippen LogP contribution in [0.5, 0.6) is 0 Å². The Morgan fingerprint density at radius 1 is 0.281 bits per heavy atom. The van der Waals surface area contributed by atoms with Crippen LogP contribution in [0, 0.1) is 0 Å². The largest absolute Gasteiger partial charge is 0.462 e. The van der Waals surface area contributed by atoms with Gasteiger partial charge in [0.05, 0.1) is 0 Å². The molecule has 0 aromatic rings. The summed E-state index contributed by atoms with van der Waals surface area (Å²) in [7, 11) is 0. The third-order valence-electron chi connectivity index (χ3n) is 11.6. The van der Waals surface area contributed by atoms with Crippen molar-refractivity contribution in [2.75, 3.05) is 13.2 Å². The van der Waals surface area contributed by atoms with Crippen LogP contribution in [0.15, 0.2) is 0 Å². The van der Waals surface area contributed by atoms with E-state index in [4.69, 9.17) is 14.2 Å². The molecule has 0 heterocycles. The lowest BCUT2D eigenvalue weighted by Crippen LogP contribution is -2.30. The topological polar surface area (TPSA) is 78.9 Å². The summed E-state index contributed by atoms with van der Waals surface area (Å²) in [5.41, 5.74) is 0. The summed E-state index contributed by atoms with van der Waals surface area (Å²) in [4.78, 5) is 37.8. The average molecular weight is 807 g/mol. The highest BCUT2D eigenvalue weighted by molar-refractivity contribution is 5.71. The van der Waals surface area contributed by atoms with Crippen LogP contribution in [-0.4, -0.2) is 37.2 Å². The van der Waals surface area contributed by atoms with Crippen LogP contribution in [0.25, 0.3) is 0 Å². The highest BCUT2D eigenvalue weighted by Crippen LogP contribution is 2.17. The molecular weight excluding hydrogens is 709 g/mol. The van der Waals surface area contributed by atoms with Gasteiger partial charge in [-0.3, -0.25) is 14.4 Å². The van der Waals surface area contributed by atoms with Crippen molar-refractivity contribution in [2.45, 2.75) is 297 Å². The molecule has 0 radical (unpaired) electrons. The van der Waals surface area contributed by atoms with Crippen LogP contribution in [0.1, 0.15) is 290 Å². The molecule has 0 amide bonds. The number of carbonyl (C=O) groups is 3. The molecule has 6 heteroatoms. The van der Waals surface area contributed by atoms with Gasteiger partial charge in [0.1, 0.15) is 13.2 Å². The first-order chi connectivity index (χ1) is 28.0. The highest BCUT2D eigenvalue weighted by Gasteiger charge is 2.19. The van der Waals surface area contributed by atoms with Crippen molar-refractivity contribution in [3.63, 3.8) is 0 Å². The van der Waals surface area contributed by atoms with E-state index in [1.54, 1.807) is 0 Å². The number of hydrogen-bond donors (Lipinski definition) is 0. The summed E-state index contributed by atoms with van der Waals surface area (Å²) in [6, 6.07) is 0. The molecule has 0 saturated heterocycles. The summed E-state index contributed by atoms with van der Waals surface area (Å²) in [6.07, 6.45) is 49.4. The first-order valence-corrected chi connectivity index (χ1v) is 25.5. The van der Waals surface area contributed by atoms with Crippen molar-refractivity contribution in [3.05, 3.63) is 0 Å². The Balaban J connectivity index is 4.28. The van der Waals surface area contributed by atoms with Crippen LogP contribution >= 0.6 is 0 Å². The maximum atomic E-state index is 12.8. The fourth-order valence-electron chi connectivity index (χ4n) is 7.74. The molecule has 0 saturated carbocycles. The van der Waals surface area contributed by atoms with E-state index in [2.05, 4.69) is 20.8 Å². The Hall–Kier alpha value is -1.59. The van der Waals surface area contributed by atoms with Gasteiger partial charge in [0.15, 0.2) is 6.10 Å². The van der Waals surface area contributed by atoms with Crippen molar-refractivity contribution in [1.82, 2.24) is 0 Å². The standard InChI is InChI=1S/C51H98O6/c1-4-7-10-13-16-19-22-24-25-26-28-30-33-36-39-42-45-51(54)57-48(46-55-49(52)43-40-37-34-31-21-18-15-12-9-6-3)47-56-50(53)44-41-38-35-32-29-27-23-20-17-14-11-8-5-2/h48H,4-47H2,1-3H3/t48-/m0/s1. The van der Waals surface area contributed by atoms with Crippen LogP contribution in [0.2, 0.25) is 0 Å². The van der Waals surface area contributed by atoms with E-state index in [0.29, 0.717) is 19.3 Å². The summed E-state index contributed by atoms with van der Waals surface area (Å²) in [5.74, 6) is -0.844. The Kier molecular flexibility index (Phi) is 45.8. The third-order valence-corrected chi connectivity index (χ3v) is 11.6. The smallest absolute Gasteiger partial charge is 0.306 e. The molecule has 0 rings (SSSR count). The van der Waals surface area contributed by atoms with Gasteiger partial charge in [-0.25, -0.2) is 0 Å². The molecule has 57 heavy (non-hydrogen) atoms. The molecule has 6 nitrogen and oxygen atoms in total. The summed E-state index contributed by atoms with van der Waals surface area (Å²) >= 11 is 0. The Bertz CT molecular complexity index is 844. The van der Waals surface area contributed by atoms with Gasteiger partial charge in [0, 0.05) is 19.3 Å². The molecule has 0 aliphatic carbocycles. The second-order valence-electron chi connectivity index (χ2n) is 17.5. The molecule has 0 unspecified atom stereocenters. The van der Waals surface area contributed by atoms with Gasteiger partial charge in [-0.1, -0.05) is 252 Å². The van der Waals surface area contributed by atoms with E-state index in [-0.39, 0.29) is 31.1 Å². The molecule has 0 aromatic heterocycles. The number of rotatable bonds is 47. The maximum absolute atomic E-state index is 12.8. The quantitative estimate of drug-likeness (QED) is 0.0346. The number of esters is 3. The monoisotopic (exact) mass is 807 g/mol. The van der Waals surface area contributed by atoms with Crippen LogP contribution in [0.3, 0.4) is 0 Å². The molecule has 1 atom stereocenters. The fourth-order valence-corrected chi connectivity index (χ4v) is 7.74. The van der Waals surface area contributed by atoms with Gasteiger partial charge in [0.2, 0.25) is 0 Å². The molecule has 0 bridgehead atoms. The number of ether oxygens (including phenoxy) is 3. The molecule has 338 valence electrons. The first-order valence-electron chi connectivity index (χ1n) is 25.5. The van der Waals surface area contributed by atoms with Gasteiger partial charge < -0.3 is 14.2 Å². The lowest BCUT2D eigenvalue weighted by atomic mass is 10.0. The lowest BCUT2D eigenvalue weighted by Gasteiger charge is -2.18. The molecule has 0 aromatic carbocycles. The molecular formula is C51H98O6. The minimum atomic E-state index is -0.759. The molecule has 0 spiro atoms. The van der Waals surface area contributed by atoms with Gasteiger partial charge in [-0.15, -0.1) is 0 Å². The van der Waals surface area contributed by atoms with Gasteiger partial charge in [-0.2, -0.15) is 0 Å². The second kappa shape index (κ2) is 47.1. The molecule has 0 fully saturated rings. The van der Waals surface area contributed by atoms with E-state index in [1.807, 2.05) is 0 Å². The van der Waals surface area contributed by atoms with E-state index in [9.17, 15) is 14.4 Å².